The number of fused-ring (bicyclic) bond motifs is 10. The van der Waals surface area contributed by atoms with Crippen molar-refractivity contribution in [2.24, 2.45) is 0 Å². The monoisotopic (exact) mass is 686 g/mol. The molecule has 2 aromatic heterocycles. The van der Waals surface area contributed by atoms with E-state index >= 15 is 0 Å². The predicted octanol–water partition coefficient (Wildman–Crippen LogP) is 15.1. The van der Waals surface area contributed by atoms with Crippen LogP contribution in [0.4, 0.5) is 0 Å². The molecule has 12 rings (SSSR count). The quantitative estimate of drug-likeness (QED) is 0.137. The molecule has 0 spiro atoms. The topological polar surface area (TPSA) is 26.3 Å². The van der Waals surface area contributed by atoms with Crippen LogP contribution in [0.3, 0.4) is 0 Å². The van der Waals surface area contributed by atoms with Gasteiger partial charge < -0.3 is 8.83 Å². The molecule has 0 aliphatic carbocycles. The van der Waals surface area contributed by atoms with Crippen LogP contribution in [0.15, 0.2) is 191 Å². The van der Waals surface area contributed by atoms with Gasteiger partial charge in [0, 0.05) is 21.7 Å². The second-order valence-electron chi connectivity index (χ2n) is 14.4. The first-order chi connectivity index (χ1) is 26.8. The Labute approximate surface area is 310 Å². The average Bonchev–Trinajstić information content (AvgIpc) is 3.81. The van der Waals surface area contributed by atoms with Crippen molar-refractivity contribution in [3.05, 3.63) is 182 Å². The molecule has 0 saturated heterocycles. The van der Waals surface area contributed by atoms with E-state index in [4.69, 9.17) is 8.83 Å². The molecule has 0 radical (unpaired) electrons. The largest absolute Gasteiger partial charge is 0.464 e. The fourth-order valence-corrected chi connectivity index (χ4v) is 9.02. The second-order valence-corrected chi connectivity index (χ2v) is 14.4. The summed E-state index contributed by atoms with van der Waals surface area (Å²) >= 11 is 0. The summed E-state index contributed by atoms with van der Waals surface area (Å²) in [6.45, 7) is 0. The van der Waals surface area contributed by atoms with Crippen molar-refractivity contribution in [3.8, 4) is 33.4 Å². The third-order valence-electron chi connectivity index (χ3n) is 11.5. The van der Waals surface area contributed by atoms with E-state index in [1.807, 2.05) is 6.26 Å². The van der Waals surface area contributed by atoms with Gasteiger partial charge in [0.1, 0.15) is 16.7 Å². The van der Waals surface area contributed by atoms with Crippen LogP contribution in [0.25, 0.3) is 120 Å². The Kier molecular flexibility index (Phi) is 6.09. The van der Waals surface area contributed by atoms with Crippen molar-refractivity contribution in [2.45, 2.75) is 0 Å². The number of rotatable bonds is 3. The zero-order chi connectivity index (χ0) is 35.3. The molecule has 0 saturated carbocycles. The number of hydrogen-bond acceptors (Lipinski definition) is 2. The molecule has 0 aliphatic rings. The molecule has 0 fully saturated rings. The van der Waals surface area contributed by atoms with Crippen LogP contribution in [-0.2, 0) is 0 Å². The average molecular weight is 687 g/mol. The lowest BCUT2D eigenvalue weighted by Gasteiger charge is -2.19. The zero-order valence-electron chi connectivity index (χ0n) is 29.1. The Hall–Kier alpha value is -7.16. The second kappa shape index (κ2) is 11.2. The van der Waals surface area contributed by atoms with Crippen molar-refractivity contribution in [1.29, 1.82) is 0 Å². The highest BCUT2D eigenvalue weighted by Crippen LogP contribution is 2.47. The molecule has 0 bridgehead atoms. The highest BCUT2D eigenvalue weighted by molar-refractivity contribution is 6.26. The SMILES string of the molecule is c1ccc2cc(-c3coc4cc5c(cc34)oc3cc(-c4c6ccccc6c(-c6cc7ccccc7c7ccccc67)c6ccccc46)ccc35)ccc2c1. The Balaban J connectivity index is 1.07. The first-order valence-corrected chi connectivity index (χ1v) is 18.5. The Bertz CT molecular complexity index is 3450. The van der Waals surface area contributed by atoms with Gasteiger partial charge in [0.2, 0.25) is 0 Å². The third kappa shape index (κ3) is 4.22. The van der Waals surface area contributed by atoms with Crippen molar-refractivity contribution in [2.75, 3.05) is 0 Å². The molecular weight excluding hydrogens is 657 g/mol. The van der Waals surface area contributed by atoms with Gasteiger partial charge in [0.25, 0.3) is 0 Å². The number of benzene rings is 10. The van der Waals surface area contributed by atoms with Crippen molar-refractivity contribution in [3.63, 3.8) is 0 Å². The zero-order valence-corrected chi connectivity index (χ0v) is 29.1. The number of furan rings is 2. The smallest absolute Gasteiger partial charge is 0.136 e. The normalized spacial score (nSPS) is 12.1. The van der Waals surface area contributed by atoms with Crippen molar-refractivity contribution in [1.82, 2.24) is 0 Å². The van der Waals surface area contributed by atoms with Gasteiger partial charge in [0.05, 0.1) is 6.26 Å². The molecule has 2 heteroatoms. The van der Waals surface area contributed by atoms with E-state index in [0.717, 1.165) is 49.6 Å². The standard InChI is InChI=1S/C52H30O2/c1-2-12-32-25-34(22-21-31(32)11-1)47-30-53-48-28-44-39-24-23-35(27-49(39)54-50(44)29-45(47)48)51-40-17-7-9-19-42(40)52(43-20-10-8-18-41(43)51)46-26-33-13-3-4-14-36(33)37-15-5-6-16-38(37)46/h1-30H. The maximum atomic E-state index is 6.72. The maximum Gasteiger partial charge on any atom is 0.136 e. The lowest BCUT2D eigenvalue weighted by atomic mass is 9.84. The van der Waals surface area contributed by atoms with Gasteiger partial charge in [-0.1, -0.05) is 140 Å². The molecule has 0 aliphatic heterocycles. The van der Waals surface area contributed by atoms with E-state index in [9.17, 15) is 0 Å². The first kappa shape index (κ1) is 29.4. The van der Waals surface area contributed by atoms with Crippen LogP contribution in [0.5, 0.6) is 0 Å². The van der Waals surface area contributed by atoms with Crippen LogP contribution in [0, 0.1) is 0 Å². The van der Waals surface area contributed by atoms with E-state index in [1.54, 1.807) is 0 Å². The van der Waals surface area contributed by atoms with Gasteiger partial charge in [-0.3, -0.25) is 0 Å². The van der Waals surface area contributed by atoms with E-state index in [2.05, 4.69) is 176 Å². The summed E-state index contributed by atoms with van der Waals surface area (Å²) < 4.78 is 12.9. The van der Waals surface area contributed by atoms with E-state index < -0.39 is 0 Å². The minimum absolute atomic E-state index is 0.853. The summed E-state index contributed by atoms with van der Waals surface area (Å²) in [7, 11) is 0. The molecule has 54 heavy (non-hydrogen) atoms. The number of hydrogen-bond donors (Lipinski definition) is 0. The molecule has 0 amide bonds. The minimum atomic E-state index is 0.853. The molecule has 12 aromatic rings. The molecule has 250 valence electrons. The Morgan fingerprint density at radius 2 is 0.852 bits per heavy atom. The maximum absolute atomic E-state index is 6.72. The summed E-state index contributed by atoms with van der Waals surface area (Å²) in [6.07, 6.45) is 1.87. The van der Waals surface area contributed by atoms with Crippen molar-refractivity contribution >= 4 is 86.8 Å². The van der Waals surface area contributed by atoms with Crippen molar-refractivity contribution < 1.29 is 8.83 Å². The van der Waals surface area contributed by atoms with Crippen LogP contribution < -0.4 is 0 Å². The van der Waals surface area contributed by atoms with Gasteiger partial charge >= 0.3 is 0 Å². The first-order valence-electron chi connectivity index (χ1n) is 18.5. The molecule has 2 heterocycles. The Morgan fingerprint density at radius 3 is 1.61 bits per heavy atom. The summed E-state index contributed by atoms with van der Waals surface area (Å²) in [5.74, 6) is 0. The summed E-state index contributed by atoms with van der Waals surface area (Å²) in [5, 5.41) is 15.6. The fourth-order valence-electron chi connectivity index (χ4n) is 9.02. The lowest BCUT2D eigenvalue weighted by Crippen LogP contribution is -1.92. The molecule has 0 atom stereocenters. The highest BCUT2D eigenvalue weighted by atomic mass is 16.3. The molecule has 10 aromatic carbocycles. The molecule has 2 nitrogen and oxygen atoms in total. The van der Waals surface area contributed by atoms with E-state index in [1.165, 1.54) is 70.6 Å². The highest BCUT2D eigenvalue weighted by Gasteiger charge is 2.20. The molecule has 0 N–H and O–H groups in total. The van der Waals surface area contributed by atoms with Gasteiger partial charge in [-0.25, -0.2) is 0 Å². The third-order valence-corrected chi connectivity index (χ3v) is 11.5. The van der Waals surface area contributed by atoms with E-state index in [-0.39, 0.29) is 0 Å². The lowest BCUT2D eigenvalue weighted by molar-refractivity contribution is 0.617. The summed E-state index contributed by atoms with van der Waals surface area (Å²) in [6, 6.07) is 63.7. The van der Waals surface area contributed by atoms with E-state index in [0.29, 0.717) is 0 Å². The van der Waals surface area contributed by atoms with Gasteiger partial charge in [-0.2, -0.15) is 0 Å². The van der Waals surface area contributed by atoms with Gasteiger partial charge in [0.15, 0.2) is 0 Å². The summed E-state index contributed by atoms with van der Waals surface area (Å²) in [5.41, 5.74) is 9.62. The minimum Gasteiger partial charge on any atom is -0.464 e. The van der Waals surface area contributed by atoms with Crippen LogP contribution in [0.2, 0.25) is 0 Å². The van der Waals surface area contributed by atoms with Crippen LogP contribution in [-0.4, -0.2) is 0 Å². The Morgan fingerprint density at radius 1 is 0.278 bits per heavy atom. The van der Waals surface area contributed by atoms with Crippen LogP contribution in [0.1, 0.15) is 0 Å². The predicted molar refractivity (Wildman–Crippen MR) is 227 cm³/mol. The van der Waals surface area contributed by atoms with Gasteiger partial charge in [-0.05, 0) is 118 Å². The molecular formula is C52H30O2. The molecule has 0 unspecified atom stereocenters. The summed E-state index contributed by atoms with van der Waals surface area (Å²) in [4.78, 5) is 0. The van der Waals surface area contributed by atoms with Crippen LogP contribution >= 0.6 is 0 Å². The fraction of sp³-hybridized carbons (Fsp3) is 0. The van der Waals surface area contributed by atoms with Gasteiger partial charge in [-0.15, -0.1) is 0 Å².